The van der Waals surface area contributed by atoms with Gasteiger partial charge in [-0.05, 0) is 48.5 Å². The van der Waals surface area contributed by atoms with Gasteiger partial charge < -0.3 is 0 Å². The van der Waals surface area contributed by atoms with Crippen molar-refractivity contribution < 1.29 is 21.1 Å². The van der Waals surface area contributed by atoms with Crippen molar-refractivity contribution in [3.63, 3.8) is 0 Å². The molecule has 0 atom stereocenters. The molecule has 0 spiro atoms. The van der Waals surface area contributed by atoms with E-state index in [0.29, 0.717) is 11.6 Å². The second-order valence-electron chi connectivity index (χ2n) is 5.45. The van der Waals surface area contributed by atoms with E-state index in [9.17, 15) is 0 Å². The Kier molecular flexibility index (Phi) is 9.76. The molecule has 4 aromatic rings. The molecule has 0 aliphatic carbocycles. The molecule has 0 N–H and O–H groups in total. The summed E-state index contributed by atoms with van der Waals surface area (Å²) >= 11 is 0. The summed E-state index contributed by atoms with van der Waals surface area (Å²) in [6.45, 7) is 0. The Labute approximate surface area is 183 Å². The van der Waals surface area contributed by atoms with E-state index in [1.165, 1.54) is 0 Å². The van der Waals surface area contributed by atoms with Crippen LogP contribution in [0.3, 0.4) is 0 Å². The third kappa shape index (κ3) is 8.45. The van der Waals surface area contributed by atoms with Crippen LogP contribution < -0.4 is 0 Å². The first-order chi connectivity index (χ1) is 13.9. The van der Waals surface area contributed by atoms with Gasteiger partial charge >= 0.3 is 0 Å². The van der Waals surface area contributed by atoms with Crippen LogP contribution in [0, 0.1) is 0 Å². The molecule has 2 aromatic heterocycles. The summed E-state index contributed by atoms with van der Waals surface area (Å²) in [6, 6.07) is 30.2. The van der Waals surface area contributed by atoms with Crippen molar-refractivity contribution in [1.82, 2.24) is 9.97 Å². The van der Waals surface area contributed by atoms with Crippen molar-refractivity contribution in [2.45, 2.75) is 0 Å². The zero-order valence-electron chi connectivity index (χ0n) is 15.4. The van der Waals surface area contributed by atoms with Crippen LogP contribution >= 0.6 is 0 Å². The van der Waals surface area contributed by atoms with E-state index in [0.717, 1.165) is 11.4 Å². The van der Waals surface area contributed by atoms with Crippen LogP contribution in [0.2, 0.25) is 0 Å². The molecular weight excluding hydrogens is 543 g/mol. The van der Waals surface area contributed by atoms with Gasteiger partial charge in [0, 0.05) is 33.5 Å². The topological polar surface area (TPSA) is 75.2 Å². The van der Waals surface area contributed by atoms with Crippen LogP contribution in [-0.4, -0.2) is 9.97 Å². The average Bonchev–Trinajstić information content (AvgIpc) is 2.80. The largest absolute Gasteiger partial charge is 0.236 e. The van der Waals surface area contributed by atoms with E-state index in [-0.39, 0.29) is 21.1 Å². The third-order valence-corrected chi connectivity index (χ3v) is 3.35. The maximum Gasteiger partial charge on any atom is 0.174 e. The van der Waals surface area contributed by atoms with E-state index in [2.05, 4.69) is 30.4 Å². The second-order valence-corrected chi connectivity index (χ2v) is 5.45. The normalized spacial score (nSPS) is 10.2. The number of azo groups is 2. The van der Waals surface area contributed by atoms with E-state index < -0.39 is 0 Å². The summed E-state index contributed by atoms with van der Waals surface area (Å²) in [5.41, 5.74) is 1.66. The Balaban J connectivity index is 0.000000200. The maximum atomic E-state index is 4.04. The molecule has 0 saturated heterocycles. The molecule has 0 saturated carbocycles. The smallest absolute Gasteiger partial charge is 0.174 e. The number of rotatable bonds is 4. The molecule has 4 rings (SSSR count). The fourth-order valence-electron chi connectivity index (χ4n) is 2.03. The van der Waals surface area contributed by atoms with E-state index in [1.54, 1.807) is 12.4 Å². The number of aromatic nitrogens is 2. The van der Waals surface area contributed by atoms with Crippen LogP contribution in [0.5, 0.6) is 0 Å². The van der Waals surface area contributed by atoms with Gasteiger partial charge in [0.05, 0.1) is 11.4 Å². The van der Waals surface area contributed by atoms with Crippen LogP contribution in [-0.2, 0) is 21.1 Å². The van der Waals surface area contributed by atoms with Crippen LogP contribution in [0.25, 0.3) is 0 Å². The first-order valence-corrected chi connectivity index (χ1v) is 8.66. The molecule has 6 nitrogen and oxygen atoms in total. The van der Waals surface area contributed by atoms with Crippen molar-refractivity contribution in [2.24, 2.45) is 20.5 Å². The van der Waals surface area contributed by atoms with Crippen LogP contribution in [0.1, 0.15) is 0 Å². The minimum Gasteiger partial charge on any atom is -0.236 e. The standard InChI is InChI=1S/2C11H9N3.Pt/c2*1-2-6-10(7-3-1)13-14-11-8-4-5-9-12-11;/h2*1-9H;. The maximum absolute atomic E-state index is 4.04. The van der Waals surface area contributed by atoms with Gasteiger partial charge in [-0.3, -0.25) is 0 Å². The van der Waals surface area contributed by atoms with Crippen molar-refractivity contribution in [1.29, 1.82) is 0 Å². The Morgan fingerprint density at radius 3 is 1.14 bits per heavy atom. The van der Waals surface area contributed by atoms with Gasteiger partial charge in [-0.1, -0.05) is 48.5 Å². The Bertz CT molecular complexity index is 826. The van der Waals surface area contributed by atoms with Crippen molar-refractivity contribution >= 4 is 23.0 Å². The van der Waals surface area contributed by atoms with E-state index in [4.69, 9.17) is 0 Å². The zero-order valence-corrected chi connectivity index (χ0v) is 17.7. The van der Waals surface area contributed by atoms with Crippen molar-refractivity contribution in [2.75, 3.05) is 0 Å². The summed E-state index contributed by atoms with van der Waals surface area (Å²) in [7, 11) is 0. The van der Waals surface area contributed by atoms with E-state index >= 15 is 0 Å². The molecule has 2 aromatic carbocycles. The summed E-state index contributed by atoms with van der Waals surface area (Å²) in [6.07, 6.45) is 3.39. The predicted octanol–water partition coefficient (Wildman–Crippen LogP) is 6.99. The number of hydrogen-bond donors (Lipinski definition) is 0. The van der Waals surface area contributed by atoms with Gasteiger partial charge in [-0.2, -0.15) is 0 Å². The molecule has 0 radical (unpaired) electrons. The van der Waals surface area contributed by atoms with Crippen LogP contribution in [0.4, 0.5) is 23.0 Å². The minimum atomic E-state index is 0. The van der Waals surface area contributed by atoms with E-state index in [1.807, 2.05) is 97.1 Å². The summed E-state index contributed by atoms with van der Waals surface area (Å²) < 4.78 is 0. The van der Waals surface area contributed by atoms with Gasteiger partial charge in [0.1, 0.15) is 0 Å². The summed E-state index contributed by atoms with van der Waals surface area (Å²) in [5, 5.41) is 16.1. The first-order valence-electron chi connectivity index (χ1n) is 8.66. The number of nitrogens with zero attached hydrogens (tertiary/aromatic N) is 6. The van der Waals surface area contributed by atoms with Crippen molar-refractivity contribution in [3.05, 3.63) is 109 Å². The first kappa shape index (κ1) is 21.9. The minimum absolute atomic E-state index is 0. The monoisotopic (exact) mass is 561 g/mol. The fraction of sp³-hybridized carbons (Fsp3) is 0. The molecular formula is C22H18N6Pt. The molecule has 2 heterocycles. The molecule has 146 valence electrons. The number of pyridine rings is 2. The molecule has 0 bridgehead atoms. The van der Waals surface area contributed by atoms with Crippen molar-refractivity contribution in [3.8, 4) is 0 Å². The predicted molar refractivity (Wildman–Crippen MR) is 110 cm³/mol. The Morgan fingerprint density at radius 1 is 0.414 bits per heavy atom. The van der Waals surface area contributed by atoms with Crippen LogP contribution in [0.15, 0.2) is 130 Å². The zero-order chi connectivity index (χ0) is 19.3. The van der Waals surface area contributed by atoms with Gasteiger partial charge in [-0.15, -0.1) is 20.5 Å². The third-order valence-electron chi connectivity index (χ3n) is 3.35. The molecule has 0 aliphatic rings. The number of benzene rings is 2. The molecule has 0 unspecified atom stereocenters. The molecule has 0 amide bonds. The molecule has 0 aliphatic heterocycles. The SMILES string of the molecule is [Pt].c1ccc(N=Nc2ccccn2)cc1.c1ccc(N=Nc2ccccn2)cc1. The van der Waals surface area contributed by atoms with Gasteiger partial charge in [0.2, 0.25) is 0 Å². The van der Waals surface area contributed by atoms with Gasteiger partial charge in [0.15, 0.2) is 11.6 Å². The second kappa shape index (κ2) is 12.9. The molecule has 29 heavy (non-hydrogen) atoms. The fourth-order valence-corrected chi connectivity index (χ4v) is 2.03. The molecule has 7 heteroatoms. The quantitative estimate of drug-likeness (QED) is 0.252. The Hall–Kier alpha value is -3.37. The number of hydrogen-bond acceptors (Lipinski definition) is 6. The summed E-state index contributed by atoms with van der Waals surface area (Å²) in [5.74, 6) is 1.24. The molecule has 0 fully saturated rings. The Morgan fingerprint density at radius 2 is 0.793 bits per heavy atom. The van der Waals surface area contributed by atoms with Gasteiger partial charge in [0.25, 0.3) is 0 Å². The summed E-state index contributed by atoms with van der Waals surface area (Å²) in [4.78, 5) is 8.07. The van der Waals surface area contributed by atoms with Gasteiger partial charge in [-0.25, -0.2) is 9.97 Å². The average molecular weight is 562 g/mol.